The van der Waals surface area contributed by atoms with E-state index in [0.717, 1.165) is 50.1 Å². The van der Waals surface area contributed by atoms with Gasteiger partial charge in [0, 0.05) is 50.3 Å². The zero-order valence-corrected chi connectivity index (χ0v) is 20.7. The molecule has 2 aromatic rings. The molecule has 2 N–H and O–H groups in total. The summed E-state index contributed by atoms with van der Waals surface area (Å²) in [6.45, 7) is 8.30. The highest BCUT2D eigenvalue weighted by Crippen LogP contribution is 2.30. The third-order valence-electron chi connectivity index (χ3n) is 6.63. The minimum Gasteiger partial charge on any atom is -0.353 e. The fourth-order valence-corrected chi connectivity index (χ4v) is 5.30. The van der Waals surface area contributed by atoms with Crippen LogP contribution >= 0.6 is 23.2 Å². The van der Waals surface area contributed by atoms with Gasteiger partial charge in [-0.25, -0.2) is 9.78 Å². The minimum atomic E-state index is -0.290. The van der Waals surface area contributed by atoms with Crippen molar-refractivity contribution in [3.63, 3.8) is 0 Å². The maximum Gasteiger partial charge on any atom is 0.319 e. The van der Waals surface area contributed by atoms with Gasteiger partial charge >= 0.3 is 6.03 Å². The molecule has 1 atom stereocenters. The van der Waals surface area contributed by atoms with E-state index in [1.165, 1.54) is 18.4 Å². The van der Waals surface area contributed by atoms with Gasteiger partial charge in [0.05, 0.1) is 16.9 Å². The number of pyridine rings is 1. The van der Waals surface area contributed by atoms with Crippen molar-refractivity contribution in [2.45, 2.75) is 38.4 Å². The second-order valence-electron chi connectivity index (χ2n) is 8.90. The molecule has 2 saturated heterocycles. The number of amides is 2. The summed E-state index contributed by atoms with van der Waals surface area (Å²) in [6, 6.07) is 10.7. The van der Waals surface area contributed by atoms with Gasteiger partial charge in [0.2, 0.25) is 0 Å². The lowest BCUT2D eigenvalue weighted by molar-refractivity contribution is 0.0690. The van der Waals surface area contributed by atoms with Crippen LogP contribution in [0.1, 0.15) is 25.3 Å². The van der Waals surface area contributed by atoms with Crippen molar-refractivity contribution in [2.24, 2.45) is 0 Å². The van der Waals surface area contributed by atoms with E-state index < -0.39 is 0 Å². The quantitative estimate of drug-likeness (QED) is 0.653. The van der Waals surface area contributed by atoms with Gasteiger partial charge in [-0.1, -0.05) is 35.3 Å². The molecule has 0 unspecified atom stereocenters. The first kappa shape index (κ1) is 24.1. The molecule has 2 amide bonds. The lowest BCUT2D eigenvalue weighted by Gasteiger charge is -2.47. The molecule has 4 rings (SSSR count). The SMILES string of the molecule is CNC(=O)Nc1cnc(N2CCN(C3CCN(Cc4ccc(Cl)cc4)CC3)[C@@H](C)C2)c(Cl)c1. The Balaban J connectivity index is 1.29. The summed E-state index contributed by atoms with van der Waals surface area (Å²) in [6.07, 6.45) is 4.04. The summed E-state index contributed by atoms with van der Waals surface area (Å²) in [4.78, 5) is 23.5. The fourth-order valence-electron chi connectivity index (χ4n) is 4.89. The Bertz CT molecular complexity index is 948. The van der Waals surface area contributed by atoms with Crippen LogP contribution in [0.4, 0.5) is 16.3 Å². The van der Waals surface area contributed by atoms with Gasteiger partial charge < -0.3 is 15.5 Å². The van der Waals surface area contributed by atoms with Crippen molar-refractivity contribution >= 4 is 40.7 Å². The highest BCUT2D eigenvalue weighted by atomic mass is 35.5. The predicted molar refractivity (Wildman–Crippen MR) is 135 cm³/mol. The van der Waals surface area contributed by atoms with Crippen LogP contribution in [0.5, 0.6) is 0 Å². The molecule has 0 radical (unpaired) electrons. The average Bonchev–Trinajstić information content (AvgIpc) is 2.81. The Labute approximate surface area is 206 Å². The van der Waals surface area contributed by atoms with Crippen molar-refractivity contribution in [3.8, 4) is 0 Å². The molecule has 0 aliphatic carbocycles. The van der Waals surface area contributed by atoms with Crippen molar-refractivity contribution in [3.05, 3.63) is 52.1 Å². The van der Waals surface area contributed by atoms with E-state index in [0.29, 0.717) is 22.8 Å². The summed E-state index contributed by atoms with van der Waals surface area (Å²) >= 11 is 12.5. The number of carbonyl (C=O) groups is 1. The molecule has 1 aromatic heterocycles. The number of carbonyl (C=O) groups excluding carboxylic acids is 1. The van der Waals surface area contributed by atoms with Crippen molar-refractivity contribution in [1.29, 1.82) is 0 Å². The number of urea groups is 1. The summed E-state index contributed by atoms with van der Waals surface area (Å²) in [5.41, 5.74) is 1.90. The number of rotatable bonds is 5. The van der Waals surface area contributed by atoms with Crippen LogP contribution in [0, 0.1) is 0 Å². The number of nitrogens with one attached hydrogen (secondary N) is 2. The van der Waals surface area contributed by atoms with Crippen LogP contribution in [-0.2, 0) is 6.54 Å². The van der Waals surface area contributed by atoms with Gasteiger partial charge in [-0.05, 0) is 56.6 Å². The Morgan fingerprint density at radius 2 is 1.85 bits per heavy atom. The van der Waals surface area contributed by atoms with Gasteiger partial charge in [-0.3, -0.25) is 9.80 Å². The smallest absolute Gasteiger partial charge is 0.319 e. The van der Waals surface area contributed by atoms with Crippen LogP contribution in [0.25, 0.3) is 0 Å². The molecule has 0 saturated carbocycles. The molecular weight excluding hydrogens is 459 g/mol. The zero-order chi connectivity index (χ0) is 23.4. The van der Waals surface area contributed by atoms with Crippen LogP contribution in [0.15, 0.2) is 36.5 Å². The molecule has 9 heteroatoms. The van der Waals surface area contributed by atoms with Crippen LogP contribution < -0.4 is 15.5 Å². The van der Waals surface area contributed by atoms with Crippen molar-refractivity contribution < 1.29 is 4.79 Å². The molecule has 1 aromatic carbocycles. The van der Waals surface area contributed by atoms with Crippen LogP contribution in [-0.4, -0.2) is 72.7 Å². The number of likely N-dealkylation sites (tertiary alicyclic amines) is 1. The summed E-state index contributed by atoms with van der Waals surface area (Å²) < 4.78 is 0. The van der Waals surface area contributed by atoms with E-state index >= 15 is 0 Å². The molecular formula is C24H32Cl2N6O. The Morgan fingerprint density at radius 3 is 2.48 bits per heavy atom. The summed E-state index contributed by atoms with van der Waals surface area (Å²) in [5, 5.41) is 6.58. The first-order valence-corrected chi connectivity index (χ1v) is 12.3. The molecule has 2 fully saturated rings. The fraction of sp³-hybridized carbons (Fsp3) is 0.500. The molecule has 0 spiro atoms. The van der Waals surface area contributed by atoms with E-state index in [-0.39, 0.29) is 6.03 Å². The van der Waals surface area contributed by atoms with Gasteiger partial charge in [-0.15, -0.1) is 0 Å². The van der Waals surface area contributed by atoms with E-state index in [2.05, 4.69) is 49.4 Å². The molecule has 3 heterocycles. The Morgan fingerprint density at radius 1 is 1.12 bits per heavy atom. The first-order chi connectivity index (χ1) is 15.9. The lowest BCUT2D eigenvalue weighted by Crippen LogP contribution is -2.57. The van der Waals surface area contributed by atoms with E-state index in [1.807, 2.05) is 12.1 Å². The minimum absolute atomic E-state index is 0.290. The summed E-state index contributed by atoms with van der Waals surface area (Å²) in [5.74, 6) is 0.781. The maximum absolute atomic E-state index is 11.5. The normalized spacial score (nSPS) is 20.6. The number of piperazine rings is 1. The van der Waals surface area contributed by atoms with E-state index in [4.69, 9.17) is 23.2 Å². The monoisotopic (exact) mass is 490 g/mol. The number of anilines is 2. The number of nitrogens with zero attached hydrogens (tertiary/aromatic N) is 4. The number of hydrogen-bond donors (Lipinski definition) is 2. The summed E-state index contributed by atoms with van der Waals surface area (Å²) in [7, 11) is 1.57. The van der Waals surface area contributed by atoms with Gasteiger partial charge in [0.25, 0.3) is 0 Å². The maximum atomic E-state index is 11.5. The lowest BCUT2D eigenvalue weighted by atomic mass is 9.99. The number of halogens is 2. The van der Waals surface area contributed by atoms with Crippen LogP contribution in [0.3, 0.4) is 0 Å². The number of aromatic nitrogens is 1. The molecule has 2 aliphatic rings. The molecule has 2 aliphatic heterocycles. The van der Waals surface area contributed by atoms with Gasteiger partial charge in [0.1, 0.15) is 5.82 Å². The average molecular weight is 491 g/mol. The number of piperidine rings is 1. The largest absolute Gasteiger partial charge is 0.353 e. The Hall–Kier alpha value is -2.06. The van der Waals surface area contributed by atoms with Crippen LogP contribution in [0.2, 0.25) is 10.0 Å². The second kappa shape index (κ2) is 10.9. The highest BCUT2D eigenvalue weighted by molar-refractivity contribution is 6.33. The first-order valence-electron chi connectivity index (χ1n) is 11.5. The standard InChI is InChI=1S/C24H32Cl2N6O/c1-17-15-31(23-22(26)13-20(14-28-23)29-24(33)27-2)11-12-32(17)21-7-9-30(10-8-21)16-18-3-5-19(25)6-4-18/h3-6,13-14,17,21H,7-12,15-16H2,1-2H3,(H2,27,29,33)/t17-/m0/s1. The number of benzene rings is 1. The van der Waals surface area contributed by atoms with Gasteiger partial charge in [-0.2, -0.15) is 0 Å². The van der Waals surface area contributed by atoms with Gasteiger partial charge in [0.15, 0.2) is 0 Å². The predicted octanol–water partition coefficient (Wildman–Crippen LogP) is 4.31. The molecule has 0 bridgehead atoms. The van der Waals surface area contributed by atoms with Crippen molar-refractivity contribution in [1.82, 2.24) is 20.1 Å². The molecule has 178 valence electrons. The molecule has 7 nitrogen and oxygen atoms in total. The third-order valence-corrected chi connectivity index (χ3v) is 7.16. The molecule has 33 heavy (non-hydrogen) atoms. The third kappa shape index (κ3) is 6.09. The Kier molecular flexibility index (Phi) is 7.96. The highest BCUT2D eigenvalue weighted by Gasteiger charge is 2.32. The van der Waals surface area contributed by atoms with E-state index in [9.17, 15) is 4.79 Å². The zero-order valence-electron chi connectivity index (χ0n) is 19.2. The number of hydrogen-bond acceptors (Lipinski definition) is 5. The topological polar surface area (TPSA) is 63.7 Å². The van der Waals surface area contributed by atoms with Crippen molar-refractivity contribution in [2.75, 3.05) is 50.0 Å². The van der Waals surface area contributed by atoms with E-state index in [1.54, 1.807) is 19.3 Å². The second-order valence-corrected chi connectivity index (χ2v) is 9.74.